The van der Waals surface area contributed by atoms with Crippen molar-refractivity contribution in [2.75, 3.05) is 5.32 Å². The maximum atomic E-state index is 8.99. The van der Waals surface area contributed by atoms with Crippen LogP contribution in [0.15, 0.2) is 47.8 Å². The molecule has 22 heavy (non-hydrogen) atoms. The summed E-state index contributed by atoms with van der Waals surface area (Å²) in [6.45, 7) is 0. The van der Waals surface area contributed by atoms with E-state index in [0.29, 0.717) is 10.5 Å². The largest absolute Gasteiger partial charge is 0.345 e. The van der Waals surface area contributed by atoms with Gasteiger partial charge in [-0.15, -0.1) is 0 Å². The highest BCUT2D eigenvalue weighted by atomic mass is 32.1. The van der Waals surface area contributed by atoms with Crippen molar-refractivity contribution in [1.29, 1.82) is 15.8 Å². The molecule has 7 heteroatoms. The van der Waals surface area contributed by atoms with Crippen LogP contribution in [0.5, 0.6) is 0 Å². The molecule has 0 amide bonds. The van der Waals surface area contributed by atoms with E-state index in [2.05, 4.69) is 15.3 Å². The highest BCUT2D eigenvalue weighted by Gasteiger charge is 2.06. The molecule has 0 saturated carbocycles. The molecule has 1 aromatic carbocycles. The van der Waals surface area contributed by atoms with Crippen molar-refractivity contribution in [3.8, 4) is 29.5 Å². The van der Waals surface area contributed by atoms with Gasteiger partial charge in [0.15, 0.2) is 10.3 Å². The summed E-state index contributed by atoms with van der Waals surface area (Å²) in [7, 11) is 0. The lowest BCUT2D eigenvalue weighted by molar-refractivity contribution is 1.14. The molecule has 0 spiro atoms. The van der Waals surface area contributed by atoms with Crippen LogP contribution in [0.2, 0.25) is 0 Å². The zero-order chi connectivity index (χ0) is 15.9. The molecule has 0 aliphatic carbocycles. The number of benzene rings is 1. The Balaban J connectivity index is 2.29. The first-order valence-electron chi connectivity index (χ1n) is 6.05. The average Bonchev–Trinajstić information content (AvgIpc) is 2.55. The number of hydrogen-bond acceptors (Lipinski definition) is 6. The third kappa shape index (κ3) is 3.34. The zero-order valence-corrected chi connectivity index (χ0v) is 12.0. The van der Waals surface area contributed by atoms with Crippen LogP contribution >= 0.6 is 12.2 Å². The van der Waals surface area contributed by atoms with Crippen molar-refractivity contribution < 1.29 is 0 Å². The van der Waals surface area contributed by atoms with E-state index in [1.807, 2.05) is 12.1 Å². The molecule has 0 saturated heterocycles. The predicted octanol–water partition coefficient (Wildman–Crippen LogP) is 3.04. The van der Waals surface area contributed by atoms with Crippen LogP contribution < -0.4 is 5.32 Å². The minimum absolute atomic E-state index is 0.0823. The van der Waals surface area contributed by atoms with Gasteiger partial charge in [0.1, 0.15) is 23.9 Å². The van der Waals surface area contributed by atoms with Gasteiger partial charge in [-0.05, 0) is 36.0 Å². The second-order valence-electron chi connectivity index (χ2n) is 4.08. The second-order valence-corrected chi connectivity index (χ2v) is 4.46. The van der Waals surface area contributed by atoms with E-state index in [-0.39, 0.29) is 11.3 Å². The first kappa shape index (κ1) is 14.9. The Labute approximate surface area is 131 Å². The molecule has 2 aromatic rings. The maximum Gasteiger partial charge on any atom is 0.197 e. The summed E-state index contributed by atoms with van der Waals surface area (Å²) in [5.74, 6) is 0. The molecule has 0 aliphatic rings. The number of aromatic amines is 1. The molecule has 1 aromatic heterocycles. The fraction of sp³-hybridized carbons (Fsp3) is 0. The first-order valence-corrected chi connectivity index (χ1v) is 6.46. The number of rotatable bonds is 3. The average molecular weight is 304 g/mol. The van der Waals surface area contributed by atoms with Crippen molar-refractivity contribution in [2.45, 2.75) is 0 Å². The molecule has 1 heterocycles. The van der Waals surface area contributed by atoms with Gasteiger partial charge in [0.25, 0.3) is 0 Å². The van der Waals surface area contributed by atoms with Crippen LogP contribution in [0.3, 0.4) is 0 Å². The van der Waals surface area contributed by atoms with Gasteiger partial charge < -0.3 is 10.3 Å². The number of hydrogen-bond donors (Lipinski definition) is 2. The van der Waals surface area contributed by atoms with Crippen LogP contribution in [-0.4, -0.2) is 9.97 Å². The van der Waals surface area contributed by atoms with Crippen LogP contribution in [0.25, 0.3) is 11.3 Å². The highest BCUT2D eigenvalue weighted by molar-refractivity contribution is 7.71. The molecule has 6 nitrogen and oxygen atoms in total. The summed E-state index contributed by atoms with van der Waals surface area (Å²) in [5, 5.41) is 29.3. The van der Waals surface area contributed by atoms with Gasteiger partial charge in [-0.3, -0.25) is 0 Å². The molecule has 0 unspecified atom stereocenters. The molecular formula is C15H8N6S. The minimum Gasteiger partial charge on any atom is -0.345 e. The standard InChI is InChI=1S/C15H8N6S/c16-7-11(8-17)14(9-18)20-12-3-1-10(2-4-12)13-5-6-19-15(22)21-13/h1-6,20H,(H,19,21,22). The topological polar surface area (TPSA) is 112 Å². The Morgan fingerprint density at radius 1 is 1.05 bits per heavy atom. The Morgan fingerprint density at radius 2 is 1.73 bits per heavy atom. The van der Waals surface area contributed by atoms with Gasteiger partial charge in [0.2, 0.25) is 0 Å². The van der Waals surface area contributed by atoms with Gasteiger partial charge in [-0.1, -0.05) is 12.1 Å². The number of nitriles is 3. The summed E-state index contributed by atoms with van der Waals surface area (Å²) in [4.78, 5) is 6.88. The van der Waals surface area contributed by atoms with Gasteiger partial charge in [-0.2, -0.15) is 15.8 Å². The van der Waals surface area contributed by atoms with Crippen LogP contribution in [0, 0.1) is 38.8 Å². The molecule has 104 valence electrons. The van der Waals surface area contributed by atoms with Crippen molar-refractivity contribution in [3.63, 3.8) is 0 Å². The van der Waals surface area contributed by atoms with Crippen molar-refractivity contribution >= 4 is 17.9 Å². The van der Waals surface area contributed by atoms with Gasteiger partial charge in [0.05, 0.1) is 0 Å². The summed E-state index contributed by atoms with van der Waals surface area (Å²) >= 11 is 4.97. The lowest BCUT2D eigenvalue weighted by Gasteiger charge is -2.06. The Bertz CT molecular complexity index is 887. The Kier molecular flexibility index (Phi) is 4.62. The quantitative estimate of drug-likeness (QED) is 0.665. The van der Waals surface area contributed by atoms with E-state index in [1.165, 1.54) is 0 Å². The normalized spacial score (nSPS) is 8.95. The van der Waals surface area contributed by atoms with E-state index >= 15 is 0 Å². The third-order valence-electron chi connectivity index (χ3n) is 2.73. The number of allylic oxidation sites excluding steroid dienone is 2. The summed E-state index contributed by atoms with van der Waals surface area (Å²) in [6.07, 6.45) is 1.61. The van der Waals surface area contributed by atoms with Gasteiger partial charge >= 0.3 is 0 Å². The molecule has 0 radical (unpaired) electrons. The van der Waals surface area contributed by atoms with Crippen LogP contribution in [0.1, 0.15) is 0 Å². The fourth-order valence-electron chi connectivity index (χ4n) is 1.70. The van der Waals surface area contributed by atoms with Crippen molar-refractivity contribution in [2.24, 2.45) is 0 Å². The Hall–Kier alpha value is -3.47. The van der Waals surface area contributed by atoms with Crippen molar-refractivity contribution in [3.05, 3.63) is 52.6 Å². The lowest BCUT2D eigenvalue weighted by atomic mass is 10.1. The molecular weight excluding hydrogens is 296 g/mol. The smallest absolute Gasteiger partial charge is 0.197 e. The van der Waals surface area contributed by atoms with Gasteiger partial charge in [0, 0.05) is 17.6 Å². The minimum atomic E-state index is -0.259. The van der Waals surface area contributed by atoms with E-state index in [4.69, 9.17) is 28.0 Å². The summed E-state index contributed by atoms with van der Waals surface area (Å²) < 4.78 is 0.391. The number of H-pyrrole nitrogens is 1. The number of nitrogens with zero attached hydrogens (tertiary/aromatic N) is 4. The predicted molar refractivity (Wildman–Crippen MR) is 82.3 cm³/mol. The fourth-order valence-corrected chi connectivity index (χ4v) is 1.87. The van der Waals surface area contributed by atoms with E-state index in [0.717, 1.165) is 11.3 Å². The molecule has 0 aliphatic heterocycles. The van der Waals surface area contributed by atoms with Crippen molar-refractivity contribution in [1.82, 2.24) is 9.97 Å². The molecule has 0 bridgehead atoms. The maximum absolute atomic E-state index is 8.99. The lowest BCUT2D eigenvalue weighted by Crippen LogP contribution is -2.00. The SMILES string of the molecule is N#CC(C#N)=C(C#N)Nc1ccc(-c2ccnc(=S)[nH]2)cc1. The third-order valence-corrected chi connectivity index (χ3v) is 2.93. The van der Waals surface area contributed by atoms with E-state index in [9.17, 15) is 0 Å². The molecule has 0 atom stereocenters. The second kappa shape index (κ2) is 6.81. The number of aromatic nitrogens is 2. The summed E-state index contributed by atoms with van der Waals surface area (Å²) in [5.41, 5.74) is 1.96. The van der Waals surface area contributed by atoms with Crippen LogP contribution in [-0.2, 0) is 0 Å². The van der Waals surface area contributed by atoms with Crippen LogP contribution in [0.4, 0.5) is 5.69 Å². The number of anilines is 1. The summed E-state index contributed by atoms with van der Waals surface area (Å²) in [6, 6.07) is 14.0. The molecule has 2 N–H and O–H groups in total. The van der Waals surface area contributed by atoms with Gasteiger partial charge in [-0.25, -0.2) is 4.98 Å². The first-order chi connectivity index (χ1) is 10.7. The number of nitrogens with one attached hydrogen (secondary N) is 2. The van der Waals surface area contributed by atoms with E-state index < -0.39 is 0 Å². The van der Waals surface area contributed by atoms with E-state index in [1.54, 1.807) is 42.6 Å². The molecule has 2 rings (SSSR count). The highest BCUT2D eigenvalue weighted by Crippen LogP contribution is 2.20. The zero-order valence-electron chi connectivity index (χ0n) is 11.2. The monoisotopic (exact) mass is 304 g/mol. The molecule has 0 fully saturated rings. The Morgan fingerprint density at radius 3 is 2.27 bits per heavy atom.